The summed E-state index contributed by atoms with van der Waals surface area (Å²) in [4.78, 5) is 16.8. The van der Waals surface area contributed by atoms with Gasteiger partial charge in [0.15, 0.2) is 5.82 Å². The fourth-order valence-corrected chi connectivity index (χ4v) is 2.71. The van der Waals surface area contributed by atoms with E-state index in [0.717, 1.165) is 49.2 Å². The molecular weight excluding hydrogens is 292 g/mol. The second-order valence-corrected chi connectivity index (χ2v) is 5.93. The fourth-order valence-electron chi connectivity index (χ4n) is 2.71. The number of nitrogens with one attached hydrogen (secondary N) is 2. The minimum atomic E-state index is 0.0295. The van der Waals surface area contributed by atoms with Gasteiger partial charge in [-0.2, -0.15) is 4.98 Å². The molecule has 1 unspecified atom stereocenters. The van der Waals surface area contributed by atoms with Crippen LogP contribution in [0.1, 0.15) is 31.2 Å². The number of aryl methyl sites for hydroxylation is 2. The molecule has 6 heteroatoms. The average molecular weight is 314 g/mol. The molecule has 1 fully saturated rings. The molecule has 0 bridgehead atoms. The third-order valence-corrected chi connectivity index (χ3v) is 4.19. The molecule has 0 aliphatic carbocycles. The van der Waals surface area contributed by atoms with Gasteiger partial charge in [0.1, 0.15) is 0 Å². The molecule has 2 aromatic rings. The van der Waals surface area contributed by atoms with Crippen molar-refractivity contribution in [3.8, 4) is 11.5 Å². The van der Waals surface area contributed by atoms with E-state index in [1.807, 2.05) is 32.0 Å². The summed E-state index contributed by atoms with van der Waals surface area (Å²) in [6, 6.07) is 5.79. The van der Waals surface area contributed by atoms with E-state index in [2.05, 4.69) is 20.8 Å². The number of carbonyl (C=O) groups is 1. The Morgan fingerprint density at radius 1 is 1.48 bits per heavy atom. The van der Waals surface area contributed by atoms with E-state index < -0.39 is 0 Å². The Labute approximate surface area is 135 Å². The third-order valence-electron chi connectivity index (χ3n) is 4.19. The summed E-state index contributed by atoms with van der Waals surface area (Å²) in [7, 11) is 0. The first-order valence-corrected chi connectivity index (χ1v) is 8.12. The number of piperidine rings is 1. The number of rotatable bonds is 4. The number of nitrogens with zero attached hydrogens (tertiary/aromatic N) is 2. The minimum absolute atomic E-state index is 0.0295. The highest BCUT2D eigenvalue weighted by molar-refractivity contribution is 5.94. The number of anilines is 1. The fraction of sp³-hybridized carbons (Fsp3) is 0.471. The van der Waals surface area contributed by atoms with Crippen LogP contribution >= 0.6 is 0 Å². The van der Waals surface area contributed by atoms with Crippen molar-refractivity contribution >= 4 is 11.6 Å². The van der Waals surface area contributed by atoms with Gasteiger partial charge in [0, 0.05) is 24.2 Å². The van der Waals surface area contributed by atoms with E-state index in [-0.39, 0.29) is 11.8 Å². The summed E-state index contributed by atoms with van der Waals surface area (Å²) in [6.07, 6.45) is 2.70. The zero-order valence-electron chi connectivity index (χ0n) is 13.6. The van der Waals surface area contributed by atoms with Crippen LogP contribution in [0.4, 0.5) is 5.69 Å². The van der Waals surface area contributed by atoms with Crippen molar-refractivity contribution in [3.63, 3.8) is 0 Å². The van der Waals surface area contributed by atoms with Crippen LogP contribution in [0.2, 0.25) is 0 Å². The highest BCUT2D eigenvalue weighted by atomic mass is 16.5. The van der Waals surface area contributed by atoms with Crippen LogP contribution in [-0.4, -0.2) is 29.1 Å². The van der Waals surface area contributed by atoms with E-state index in [9.17, 15) is 4.79 Å². The van der Waals surface area contributed by atoms with Crippen molar-refractivity contribution in [1.82, 2.24) is 15.5 Å². The molecule has 0 spiro atoms. The zero-order valence-corrected chi connectivity index (χ0v) is 13.6. The molecule has 1 aromatic carbocycles. The van der Waals surface area contributed by atoms with Crippen LogP contribution < -0.4 is 10.6 Å². The van der Waals surface area contributed by atoms with Crippen LogP contribution in [0, 0.1) is 12.8 Å². The maximum atomic E-state index is 12.4. The molecular formula is C17H22N4O2. The minimum Gasteiger partial charge on any atom is -0.334 e. The topological polar surface area (TPSA) is 80.0 Å². The first kappa shape index (κ1) is 15.7. The number of aromatic nitrogens is 2. The summed E-state index contributed by atoms with van der Waals surface area (Å²) in [5.74, 6) is 1.26. The summed E-state index contributed by atoms with van der Waals surface area (Å²) in [5.41, 5.74) is 2.63. The molecule has 1 aliphatic rings. The molecule has 0 saturated carbocycles. The molecule has 1 aromatic heterocycles. The zero-order chi connectivity index (χ0) is 16.2. The van der Waals surface area contributed by atoms with Crippen molar-refractivity contribution in [2.75, 3.05) is 18.4 Å². The SMILES string of the molecule is CCc1noc(-c2ccc(C)c(NC(=O)C3CCCNC3)c2)n1. The molecule has 0 radical (unpaired) electrons. The van der Waals surface area contributed by atoms with Gasteiger partial charge in [-0.05, 0) is 44.0 Å². The van der Waals surface area contributed by atoms with Gasteiger partial charge in [-0.25, -0.2) is 0 Å². The Kier molecular flexibility index (Phi) is 4.71. The predicted octanol–water partition coefficient (Wildman–Crippen LogP) is 2.55. The number of benzene rings is 1. The van der Waals surface area contributed by atoms with Crippen molar-refractivity contribution in [1.29, 1.82) is 0 Å². The molecule has 1 aliphatic heterocycles. The molecule has 122 valence electrons. The first-order chi connectivity index (χ1) is 11.2. The quantitative estimate of drug-likeness (QED) is 0.906. The normalized spacial score (nSPS) is 17.9. The third kappa shape index (κ3) is 3.59. The van der Waals surface area contributed by atoms with Crippen molar-refractivity contribution < 1.29 is 9.32 Å². The van der Waals surface area contributed by atoms with Gasteiger partial charge >= 0.3 is 0 Å². The van der Waals surface area contributed by atoms with Crippen LogP contribution in [0.3, 0.4) is 0 Å². The van der Waals surface area contributed by atoms with Crippen LogP contribution in [0.15, 0.2) is 22.7 Å². The lowest BCUT2D eigenvalue weighted by molar-refractivity contribution is -0.120. The van der Waals surface area contributed by atoms with Gasteiger partial charge in [-0.15, -0.1) is 0 Å². The molecule has 6 nitrogen and oxygen atoms in total. The van der Waals surface area contributed by atoms with Gasteiger partial charge in [0.2, 0.25) is 5.91 Å². The lowest BCUT2D eigenvalue weighted by Gasteiger charge is -2.22. The highest BCUT2D eigenvalue weighted by Crippen LogP contribution is 2.25. The van der Waals surface area contributed by atoms with Gasteiger partial charge in [-0.1, -0.05) is 18.1 Å². The van der Waals surface area contributed by atoms with E-state index in [4.69, 9.17) is 4.52 Å². The summed E-state index contributed by atoms with van der Waals surface area (Å²) in [5, 5.41) is 10.2. The number of amides is 1. The molecule has 1 atom stereocenters. The second-order valence-electron chi connectivity index (χ2n) is 5.93. The van der Waals surface area contributed by atoms with Crippen LogP contribution in [0.5, 0.6) is 0 Å². The Hall–Kier alpha value is -2.21. The van der Waals surface area contributed by atoms with E-state index >= 15 is 0 Å². The van der Waals surface area contributed by atoms with Crippen LogP contribution in [0.25, 0.3) is 11.5 Å². The lowest BCUT2D eigenvalue weighted by Crippen LogP contribution is -2.37. The maximum absolute atomic E-state index is 12.4. The van der Waals surface area contributed by atoms with Gasteiger partial charge in [-0.3, -0.25) is 4.79 Å². The van der Waals surface area contributed by atoms with Crippen molar-refractivity contribution in [2.24, 2.45) is 5.92 Å². The number of hydrogen-bond acceptors (Lipinski definition) is 5. The molecule has 2 heterocycles. The Bertz CT molecular complexity index is 690. The van der Waals surface area contributed by atoms with E-state index in [0.29, 0.717) is 11.7 Å². The van der Waals surface area contributed by atoms with Gasteiger partial charge in [0.25, 0.3) is 5.89 Å². The summed E-state index contributed by atoms with van der Waals surface area (Å²) in [6.45, 7) is 5.70. The smallest absolute Gasteiger partial charge is 0.257 e. The number of carbonyl (C=O) groups excluding carboxylic acids is 1. The van der Waals surface area contributed by atoms with Crippen molar-refractivity contribution in [2.45, 2.75) is 33.1 Å². The average Bonchev–Trinajstić information content (AvgIpc) is 3.07. The lowest BCUT2D eigenvalue weighted by atomic mass is 9.98. The van der Waals surface area contributed by atoms with Crippen molar-refractivity contribution in [3.05, 3.63) is 29.6 Å². The molecule has 1 amide bonds. The highest BCUT2D eigenvalue weighted by Gasteiger charge is 2.21. The van der Waals surface area contributed by atoms with E-state index in [1.54, 1.807) is 0 Å². The molecule has 23 heavy (non-hydrogen) atoms. The molecule has 1 saturated heterocycles. The van der Waals surface area contributed by atoms with Crippen LogP contribution in [-0.2, 0) is 11.2 Å². The maximum Gasteiger partial charge on any atom is 0.257 e. The molecule has 3 rings (SSSR count). The largest absolute Gasteiger partial charge is 0.334 e. The molecule has 2 N–H and O–H groups in total. The second kappa shape index (κ2) is 6.91. The number of hydrogen-bond donors (Lipinski definition) is 2. The summed E-state index contributed by atoms with van der Waals surface area (Å²) >= 11 is 0. The first-order valence-electron chi connectivity index (χ1n) is 8.12. The monoisotopic (exact) mass is 314 g/mol. The standard InChI is InChI=1S/C17H22N4O2/c1-3-15-20-17(23-21-15)12-7-6-11(2)14(9-12)19-16(22)13-5-4-8-18-10-13/h6-7,9,13,18H,3-5,8,10H2,1-2H3,(H,19,22). The van der Waals surface area contributed by atoms with Gasteiger partial charge < -0.3 is 15.2 Å². The Balaban J connectivity index is 1.78. The van der Waals surface area contributed by atoms with Gasteiger partial charge in [0.05, 0.1) is 5.92 Å². The Morgan fingerprint density at radius 3 is 3.04 bits per heavy atom. The Morgan fingerprint density at radius 2 is 2.35 bits per heavy atom. The summed E-state index contributed by atoms with van der Waals surface area (Å²) < 4.78 is 5.27. The van der Waals surface area contributed by atoms with E-state index in [1.165, 1.54) is 0 Å². The predicted molar refractivity (Wildman–Crippen MR) is 88.1 cm³/mol.